The number of hydrogen-bond acceptors (Lipinski definition) is 3. The van der Waals surface area contributed by atoms with Gasteiger partial charge in [-0.2, -0.15) is 0 Å². The number of aliphatic hydroxyl groups is 1. The molecule has 0 amide bonds. The Morgan fingerprint density at radius 1 is 1.20 bits per heavy atom. The second-order valence-corrected chi connectivity index (χ2v) is 6.66. The predicted octanol–water partition coefficient (Wildman–Crippen LogP) is 3.00. The van der Waals surface area contributed by atoms with Crippen LogP contribution >= 0.6 is 0 Å². The molecule has 1 saturated carbocycles. The molecule has 0 aliphatic heterocycles. The molecule has 2 aliphatic carbocycles. The fourth-order valence-corrected chi connectivity index (χ4v) is 4.07. The fourth-order valence-electron chi connectivity index (χ4n) is 4.07. The maximum atomic E-state index is 10.2. The van der Waals surface area contributed by atoms with E-state index in [1.54, 1.807) is 0 Å². The Balaban J connectivity index is 1.73. The fraction of sp³-hybridized carbons (Fsp3) is 0.647. The van der Waals surface area contributed by atoms with E-state index >= 15 is 0 Å². The molecule has 4 atom stereocenters. The van der Waals surface area contributed by atoms with Crippen molar-refractivity contribution in [2.24, 2.45) is 5.92 Å². The largest absolute Gasteiger partial charge is 0.508 e. The Labute approximate surface area is 121 Å². The first-order chi connectivity index (χ1) is 9.56. The minimum absolute atomic E-state index is 0.104. The van der Waals surface area contributed by atoms with Gasteiger partial charge >= 0.3 is 0 Å². The van der Waals surface area contributed by atoms with Crippen LogP contribution in [-0.4, -0.2) is 22.9 Å². The van der Waals surface area contributed by atoms with Crippen LogP contribution in [0.4, 0.5) is 0 Å². The Morgan fingerprint density at radius 3 is 2.70 bits per heavy atom. The molecule has 20 heavy (non-hydrogen) atoms. The number of rotatable bonds is 3. The molecule has 3 nitrogen and oxygen atoms in total. The zero-order valence-electron chi connectivity index (χ0n) is 12.4. The van der Waals surface area contributed by atoms with Gasteiger partial charge in [-0.1, -0.05) is 13.0 Å². The maximum Gasteiger partial charge on any atom is 0.120 e. The van der Waals surface area contributed by atoms with Crippen molar-refractivity contribution >= 4 is 0 Å². The number of hydrogen-bond donors (Lipinski definition) is 3. The van der Waals surface area contributed by atoms with Crippen molar-refractivity contribution in [3.63, 3.8) is 0 Å². The summed E-state index contributed by atoms with van der Waals surface area (Å²) in [4.78, 5) is 0. The van der Waals surface area contributed by atoms with Gasteiger partial charge < -0.3 is 15.5 Å². The zero-order chi connectivity index (χ0) is 14.3. The molecule has 0 saturated heterocycles. The summed E-state index contributed by atoms with van der Waals surface area (Å²) in [6.45, 7) is 5.32. The lowest BCUT2D eigenvalue weighted by Crippen LogP contribution is -2.25. The van der Waals surface area contributed by atoms with E-state index in [-0.39, 0.29) is 12.1 Å². The van der Waals surface area contributed by atoms with Gasteiger partial charge in [-0.3, -0.25) is 0 Å². The van der Waals surface area contributed by atoms with Crippen LogP contribution in [0.2, 0.25) is 0 Å². The lowest BCUT2D eigenvalue weighted by Gasteiger charge is -2.18. The summed E-state index contributed by atoms with van der Waals surface area (Å²) in [5, 5.41) is 23.4. The SMILES string of the molecule is Cc1ccc(O)c2c1C(C)CC2NCC1CCC(O)C1. The van der Waals surface area contributed by atoms with Gasteiger partial charge in [0.2, 0.25) is 0 Å². The molecule has 3 N–H and O–H groups in total. The van der Waals surface area contributed by atoms with Crippen molar-refractivity contribution in [1.29, 1.82) is 0 Å². The number of benzene rings is 1. The van der Waals surface area contributed by atoms with Crippen LogP contribution < -0.4 is 5.32 Å². The number of aromatic hydroxyl groups is 1. The molecular weight excluding hydrogens is 250 g/mol. The monoisotopic (exact) mass is 275 g/mol. The van der Waals surface area contributed by atoms with E-state index in [2.05, 4.69) is 19.2 Å². The molecule has 0 spiro atoms. The van der Waals surface area contributed by atoms with Gasteiger partial charge in [0, 0.05) is 11.6 Å². The molecule has 3 rings (SSSR count). The average molecular weight is 275 g/mol. The molecule has 1 aromatic rings. The second-order valence-electron chi connectivity index (χ2n) is 6.66. The molecule has 1 fully saturated rings. The van der Waals surface area contributed by atoms with Crippen LogP contribution in [0.3, 0.4) is 0 Å². The van der Waals surface area contributed by atoms with Gasteiger partial charge in [-0.05, 0) is 68.2 Å². The molecular formula is C17H25NO2. The summed E-state index contributed by atoms with van der Waals surface area (Å²) in [6.07, 6.45) is 3.93. The van der Waals surface area contributed by atoms with E-state index in [0.717, 1.165) is 37.8 Å². The molecule has 1 aromatic carbocycles. The van der Waals surface area contributed by atoms with Crippen LogP contribution in [0.15, 0.2) is 12.1 Å². The molecule has 0 bridgehead atoms. The van der Waals surface area contributed by atoms with Crippen molar-refractivity contribution in [1.82, 2.24) is 5.32 Å². The van der Waals surface area contributed by atoms with Crippen LogP contribution in [0.1, 0.15) is 61.3 Å². The highest BCUT2D eigenvalue weighted by molar-refractivity contribution is 5.50. The minimum atomic E-state index is -0.104. The Bertz CT molecular complexity index is 500. The highest BCUT2D eigenvalue weighted by Gasteiger charge is 2.32. The van der Waals surface area contributed by atoms with Crippen LogP contribution in [-0.2, 0) is 0 Å². The van der Waals surface area contributed by atoms with E-state index in [0.29, 0.717) is 17.6 Å². The number of aryl methyl sites for hydroxylation is 1. The first kappa shape index (κ1) is 13.9. The van der Waals surface area contributed by atoms with Gasteiger partial charge in [0.05, 0.1) is 6.10 Å². The molecule has 0 aromatic heterocycles. The van der Waals surface area contributed by atoms with E-state index in [4.69, 9.17) is 0 Å². The smallest absolute Gasteiger partial charge is 0.120 e. The summed E-state index contributed by atoms with van der Waals surface area (Å²) >= 11 is 0. The molecule has 2 aliphatic rings. The molecule has 3 heteroatoms. The number of phenols is 1. The summed E-state index contributed by atoms with van der Waals surface area (Å²) in [7, 11) is 0. The highest BCUT2D eigenvalue weighted by atomic mass is 16.3. The topological polar surface area (TPSA) is 52.5 Å². The Kier molecular flexibility index (Phi) is 3.74. The standard InChI is InChI=1S/C17H25NO2/c1-10-3-6-15(20)17-14(7-11(2)16(10)17)18-9-12-4-5-13(19)8-12/h3,6,11-14,18-20H,4-5,7-9H2,1-2H3. The van der Waals surface area contributed by atoms with Gasteiger partial charge in [0.25, 0.3) is 0 Å². The first-order valence-corrected chi connectivity index (χ1v) is 7.80. The van der Waals surface area contributed by atoms with Gasteiger partial charge in [0.15, 0.2) is 0 Å². The van der Waals surface area contributed by atoms with E-state index in [1.165, 1.54) is 11.1 Å². The number of fused-ring (bicyclic) bond motifs is 1. The zero-order valence-corrected chi connectivity index (χ0v) is 12.4. The maximum absolute atomic E-state index is 10.2. The number of phenolic OH excluding ortho intramolecular Hbond substituents is 1. The third kappa shape index (κ3) is 2.45. The first-order valence-electron chi connectivity index (χ1n) is 7.80. The number of nitrogens with one attached hydrogen (secondary N) is 1. The summed E-state index contributed by atoms with van der Waals surface area (Å²) in [6, 6.07) is 4.10. The minimum Gasteiger partial charge on any atom is -0.508 e. The Hall–Kier alpha value is -1.06. The van der Waals surface area contributed by atoms with Crippen molar-refractivity contribution in [3.8, 4) is 5.75 Å². The van der Waals surface area contributed by atoms with Crippen LogP contribution in [0, 0.1) is 12.8 Å². The highest BCUT2D eigenvalue weighted by Crippen LogP contribution is 2.46. The van der Waals surface area contributed by atoms with Crippen molar-refractivity contribution < 1.29 is 10.2 Å². The Morgan fingerprint density at radius 2 is 2.00 bits per heavy atom. The second kappa shape index (κ2) is 5.38. The third-order valence-electron chi connectivity index (χ3n) is 5.08. The molecule has 0 radical (unpaired) electrons. The normalized spacial score (nSPS) is 32.5. The summed E-state index contributed by atoms with van der Waals surface area (Å²) in [5.41, 5.74) is 3.72. The van der Waals surface area contributed by atoms with Crippen LogP contribution in [0.25, 0.3) is 0 Å². The van der Waals surface area contributed by atoms with Crippen molar-refractivity contribution in [3.05, 3.63) is 28.8 Å². The predicted molar refractivity (Wildman–Crippen MR) is 80.0 cm³/mol. The molecule has 4 unspecified atom stereocenters. The van der Waals surface area contributed by atoms with Gasteiger partial charge in [-0.25, -0.2) is 0 Å². The van der Waals surface area contributed by atoms with E-state index in [9.17, 15) is 10.2 Å². The number of aliphatic hydroxyl groups excluding tert-OH is 1. The lowest BCUT2D eigenvalue weighted by atomic mass is 9.97. The lowest BCUT2D eigenvalue weighted by molar-refractivity contribution is 0.177. The van der Waals surface area contributed by atoms with E-state index < -0.39 is 0 Å². The average Bonchev–Trinajstić information content (AvgIpc) is 2.96. The molecule has 0 heterocycles. The molecule has 110 valence electrons. The van der Waals surface area contributed by atoms with Gasteiger partial charge in [-0.15, -0.1) is 0 Å². The van der Waals surface area contributed by atoms with Crippen molar-refractivity contribution in [2.75, 3.05) is 6.54 Å². The van der Waals surface area contributed by atoms with Crippen LogP contribution in [0.5, 0.6) is 5.75 Å². The summed E-state index contributed by atoms with van der Waals surface area (Å²) in [5.74, 6) is 1.51. The van der Waals surface area contributed by atoms with Crippen molar-refractivity contribution in [2.45, 2.75) is 57.6 Å². The van der Waals surface area contributed by atoms with Gasteiger partial charge in [0.1, 0.15) is 5.75 Å². The summed E-state index contributed by atoms with van der Waals surface area (Å²) < 4.78 is 0. The quantitative estimate of drug-likeness (QED) is 0.795. The third-order valence-corrected chi connectivity index (χ3v) is 5.08. The van der Waals surface area contributed by atoms with E-state index in [1.807, 2.05) is 12.1 Å².